The van der Waals surface area contributed by atoms with Gasteiger partial charge in [0.05, 0.1) is 0 Å². The van der Waals surface area contributed by atoms with Crippen LogP contribution < -0.4 is 5.32 Å². The summed E-state index contributed by atoms with van der Waals surface area (Å²) in [5.74, 6) is 0. The molecule has 0 heterocycles. The van der Waals surface area contributed by atoms with Crippen LogP contribution in [0.25, 0.3) is 0 Å². The number of halogens is 4. The first-order valence-electron chi connectivity index (χ1n) is 4.39. The van der Waals surface area contributed by atoms with E-state index < -0.39 is 12.3 Å². The van der Waals surface area contributed by atoms with Gasteiger partial charge in [-0.2, -0.15) is 13.2 Å². The molecule has 0 saturated heterocycles. The zero-order valence-electron chi connectivity index (χ0n) is 8.11. The maximum absolute atomic E-state index is 12.8. The third-order valence-electron chi connectivity index (χ3n) is 1.94. The lowest BCUT2D eigenvalue weighted by atomic mass is 10.1. The molecular weight excluding hydrogens is 210 g/mol. The zero-order valence-corrected chi connectivity index (χ0v) is 8.11. The minimum absolute atomic E-state index is 0.359. The van der Waals surface area contributed by atoms with Crippen molar-refractivity contribution < 1.29 is 17.6 Å². The fourth-order valence-electron chi connectivity index (χ4n) is 1.20. The molecule has 0 aliphatic heterocycles. The first kappa shape index (κ1) is 12.0. The smallest absolute Gasteiger partial charge is 0.316 e. The van der Waals surface area contributed by atoms with E-state index in [9.17, 15) is 17.6 Å². The molecule has 1 unspecified atom stereocenters. The summed E-state index contributed by atoms with van der Waals surface area (Å²) in [6.45, 7) is 0.545. The van der Waals surface area contributed by atoms with E-state index in [1.165, 1.54) is 12.1 Å². The minimum Gasteiger partial charge on any atom is -0.316 e. The van der Waals surface area contributed by atoms with Gasteiger partial charge in [0.25, 0.3) is 0 Å². The van der Waals surface area contributed by atoms with Gasteiger partial charge < -0.3 is 5.32 Å². The van der Waals surface area contributed by atoms with Gasteiger partial charge in [0.2, 0.25) is 6.17 Å². The largest absolute Gasteiger partial charge is 0.423 e. The van der Waals surface area contributed by atoms with Gasteiger partial charge in [0.15, 0.2) is 0 Å². The van der Waals surface area contributed by atoms with E-state index in [0.717, 1.165) is 17.7 Å². The second-order valence-corrected chi connectivity index (χ2v) is 3.18. The molecule has 0 fully saturated rings. The molecule has 1 rings (SSSR count). The Labute approximate surface area is 85.1 Å². The number of benzene rings is 1. The summed E-state index contributed by atoms with van der Waals surface area (Å²) in [4.78, 5) is 0. The molecule has 0 aliphatic rings. The Morgan fingerprint density at radius 2 is 1.73 bits per heavy atom. The fourth-order valence-corrected chi connectivity index (χ4v) is 1.20. The van der Waals surface area contributed by atoms with Crippen LogP contribution in [0.3, 0.4) is 0 Å². The summed E-state index contributed by atoms with van der Waals surface area (Å²) < 4.78 is 48.8. The van der Waals surface area contributed by atoms with E-state index in [4.69, 9.17) is 0 Å². The average Bonchev–Trinajstić information content (AvgIpc) is 2.17. The van der Waals surface area contributed by atoms with Crippen LogP contribution in [0, 0.1) is 0 Å². The van der Waals surface area contributed by atoms with Crippen LogP contribution >= 0.6 is 0 Å². The van der Waals surface area contributed by atoms with Crippen LogP contribution in [0.15, 0.2) is 24.3 Å². The zero-order chi connectivity index (χ0) is 11.5. The van der Waals surface area contributed by atoms with Crippen molar-refractivity contribution >= 4 is 0 Å². The van der Waals surface area contributed by atoms with E-state index in [-0.39, 0.29) is 5.56 Å². The van der Waals surface area contributed by atoms with E-state index in [1.54, 1.807) is 7.05 Å². The van der Waals surface area contributed by atoms with Gasteiger partial charge in [0, 0.05) is 6.54 Å². The molecule has 1 nitrogen and oxygen atoms in total. The van der Waals surface area contributed by atoms with Crippen molar-refractivity contribution in [1.82, 2.24) is 5.32 Å². The summed E-state index contributed by atoms with van der Waals surface area (Å²) in [5.41, 5.74) is 0.456. The third-order valence-corrected chi connectivity index (χ3v) is 1.94. The molecular formula is C10H11F4N. The molecule has 0 saturated carbocycles. The van der Waals surface area contributed by atoms with Crippen LogP contribution in [0.5, 0.6) is 0 Å². The molecule has 1 atom stereocenters. The van der Waals surface area contributed by atoms with Crippen molar-refractivity contribution in [3.8, 4) is 0 Å². The third kappa shape index (κ3) is 3.20. The molecule has 1 aromatic rings. The molecule has 0 bridgehead atoms. The minimum atomic E-state index is -4.83. The van der Waals surface area contributed by atoms with Crippen LogP contribution in [-0.4, -0.2) is 13.2 Å². The molecule has 0 aliphatic carbocycles. The van der Waals surface area contributed by atoms with Gasteiger partial charge >= 0.3 is 6.18 Å². The predicted molar refractivity (Wildman–Crippen MR) is 49.1 cm³/mol. The Morgan fingerprint density at radius 1 is 1.20 bits per heavy atom. The van der Waals surface area contributed by atoms with Crippen molar-refractivity contribution in [3.63, 3.8) is 0 Å². The summed E-state index contributed by atoms with van der Waals surface area (Å²) in [5, 5.41) is 2.85. The average molecular weight is 221 g/mol. The second kappa shape index (κ2) is 4.61. The quantitative estimate of drug-likeness (QED) is 0.774. The highest BCUT2D eigenvalue weighted by atomic mass is 19.4. The Morgan fingerprint density at radius 3 is 2.13 bits per heavy atom. The van der Waals surface area contributed by atoms with E-state index in [1.807, 2.05) is 0 Å². The Balaban J connectivity index is 2.80. The Hall–Kier alpha value is -1.10. The first-order chi connectivity index (χ1) is 6.95. The van der Waals surface area contributed by atoms with Gasteiger partial charge in [0.1, 0.15) is 0 Å². The molecule has 5 heteroatoms. The highest BCUT2D eigenvalue weighted by Gasteiger charge is 2.41. The van der Waals surface area contributed by atoms with E-state index in [2.05, 4.69) is 5.32 Å². The van der Waals surface area contributed by atoms with Gasteiger partial charge in [-0.25, -0.2) is 4.39 Å². The van der Waals surface area contributed by atoms with Crippen LogP contribution in [-0.2, 0) is 6.54 Å². The fraction of sp³-hybridized carbons (Fsp3) is 0.400. The van der Waals surface area contributed by atoms with Gasteiger partial charge in [-0.05, 0) is 18.2 Å². The maximum atomic E-state index is 12.8. The van der Waals surface area contributed by atoms with E-state index >= 15 is 0 Å². The summed E-state index contributed by atoms with van der Waals surface area (Å²) >= 11 is 0. The molecule has 15 heavy (non-hydrogen) atoms. The van der Waals surface area contributed by atoms with Crippen molar-refractivity contribution in [2.45, 2.75) is 18.9 Å². The molecule has 0 aromatic heterocycles. The molecule has 0 amide bonds. The topological polar surface area (TPSA) is 12.0 Å². The molecule has 0 spiro atoms. The lowest BCUT2D eigenvalue weighted by Crippen LogP contribution is -2.16. The SMILES string of the molecule is CNCc1ccc(C(F)C(F)(F)F)cc1. The summed E-state index contributed by atoms with van der Waals surface area (Å²) in [7, 11) is 1.72. The lowest BCUT2D eigenvalue weighted by molar-refractivity contribution is -0.182. The summed E-state index contributed by atoms with van der Waals surface area (Å²) in [6.07, 6.45) is -7.73. The number of hydrogen-bond acceptors (Lipinski definition) is 1. The van der Waals surface area contributed by atoms with Crippen LogP contribution in [0.2, 0.25) is 0 Å². The highest BCUT2D eigenvalue weighted by Crippen LogP contribution is 2.35. The van der Waals surface area contributed by atoms with E-state index in [0.29, 0.717) is 6.54 Å². The van der Waals surface area contributed by atoms with Crippen LogP contribution in [0.1, 0.15) is 17.3 Å². The summed E-state index contributed by atoms with van der Waals surface area (Å²) in [6, 6.07) is 5.27. The maximum Gasteiger partial charge on any atom is 0.423 e. The number of nitrogens with one attached hydrogen (secondary N) is 1. The monoisotopic (exact) mass is 221 g/mol. The molecule has 1 aromatic carbocycles. The molecule has 1 N–H and O–H groups in total. The van der Waals surface area contributed by atoms with Crippen molar-refractivity contribution in [2.75, 3.05) is 7.05 Å². The molecule has 84 valence electrons. The van der Waals surface area contributed by atoms with Crippen LogP contribution in [0.4, 0.5) is 17.6 Å². The first-order valence-corrected chi connectivity index (χ1v) is 4.39. The van der Waals surface area contributed by atoms with Crippen molar-refractivity contribution in [2.24, 2.45) is 0 Å². The molecule has 0 radical (unpaired) electrons. The number of alkyl halides is 4. The number of rotatable bonds is 3. The van der Waals surface area contributed by atoms with Gasteiger partial charge in [-0.15, -0.1) is 0 Å². The van der Waals surface area contributed by atoms with Gasteiger partial charge in [-0.3, -0.25) is 0 Å². The predicted octanol–water partition coefficient (Wildman–Crippen LogP) is 2.98. The standard InChI is InChI=1S/C10H11F4N/c1-15-6-7-2-4-8(5-3-7)9(11)10(12,13)14/h2-5,9,15H,6H2,1H3. The number of hydrogen-bond donors (Lipinski definition) is 1. The highest BCUT2D eigenvalue weighted by molar-refractivity contribution is 5.24. The lowest BCUT2D eigenvalue weighted by Gasteiger charge is -2.12. The normalized spacial score (nSPS) is 13.9. The Kier molecular flexibility index (Phi) is 3.68. The second-order valence-electron chi connectivity index (χ2n) is 3.18. The van der Waals surface area contributed by atoms with Crippen molar-refractivity contribution in [1.29, 1.82) is 0 Å². The van der Waals surface area contributed by atoms with Crippen molar-refractivity contribution in [3.05, 3.63) is 35.4 Å². The Bertz CT molecular complexity index is 304. The van der Waals surface area contributed by atoms with Gasteiger partial charge in [-0.1, -0.05) is 24.3 Å².